The van der Waals surface area contributed by atoms with Crippen LogP contribution in [0.5, 0.6) is 0 Å². The lowest BCUT2D eigenvalue weighted by Crippen LogP contribution is -2.41. The standard InChI is InChI=1S/C13H16N2O3/c1-10-3-2-4-12(17)15(10)9-13(18)14-7-5-11(16)6-8-14/h2-4H,5-9H2,1H3. The number of hydrogen-bond donors (Lipinski definition) is 0. The third-order valence-electron chi connectivity index (χ3n) is 3.24. The number of amides is 1. The van der Waals surface area contributed by atoms with Crippen LogP contribution in [0.4, 0.5) is 0 Å². The van der Waals surface area contributed by atoms with Crippen LogP contribution in [0.3, 0.4) is 0 Å². The van der Waals surface area contributed by atoms with E-state index in [1.165, 1.54) is 10.6 Å². The number of Topliss-reactive ketones (excluding diaryl/α,β-unsaturated/α-hetero) is 1. The Balaban J connectivity index is 2.08. The molecule has 18 heavy (non-hydrogen) atoms. The minimum absolute atomic E-state index is 0.0553. The molecule has 1 saturated heterocycles. The molecule has 1 amide bonds. The van der Waals surface area contributed by atoms with Gasteiger partial charge in [-0.3, -0.25) is 14.4 Å². The Hall–Kier alpha value is -1.91. The van der Waals surface area contributed by atoms with E-state index in [0.717, 1.165) is 5.69 Å². The number of ketones is 1. The van der Waals surface area contributed by atoms with Crippen LogP contribution in [0.25, 0.3) is 0 Å². The molecule has 1 aliphatic heterocycles. The molecule has 1 aliphatic rings. The van der Waals surface area contributed by atoms with E-state index in [4.69, 9.17) is 0 Å². The van der Waals surface area contributed by atoms with E-state index >= 15 is 0 Å². The number of carbonyl (C=O) groups is 2. The van der Waals surface area contributed by atoms with Crippen molar-refractivity contribution < 1.29 is 9.59 Å². The molecule has 0 atom stereocenters. The second-order valence-corrected chi connectivity index (χ2v) is 4.51. The first-order valence-electron chi connectivity index (χ1n) is 6.04. The molecule has 0 N–H and O–H groups in total. The van der Waals surface area contributed by atoms with Crippen molar-refractivity contribution in [3.05, 3.63) is 34.2 Å². The molecule has 1 fully saturated rings. The molecule has 1 aromatic rings. The molecule has 0 radical (unpaired) electrons. The van der Waals surface area contributed by atoms with E-state index in [1.54, 1.807) is 24.0 Å². The van der Waals surface area contributed by atoms with Crippen molar-refractivity contribution in [2.45, 2.75) is 26.3 Å². The molecular formula is C13H16N2O3. The van der Waals surface area contributed by atoms with E-state index in [-0.39, 0.29) is 23.8 Å². The zero-order valence-corrected chi connectivity index (χ0v) is 10.4. The Kier molecular flexibility index (Phi) is 3.60. The van der Waals surface area contributed by atoms with Gasteiger partial charge in [-0.1, -0.05) is 6.07 Å². The monoisotopic (exact) mass is 248 g/mol. The molecule has 2 rings (SSSR count). The van der Waals surface area contributed by atoms with Gasteiger partial charge in [0, 0.05) is 37.7 Å². The fourth-order valence-corrected chi connectivity index (χ4v) is 2.07. The van der Waals surface area contributed by atoms with Crippen molar-refractivity contribution >= 4 is 11.7 Å². The summed E-state index contributed by atoms with van der Waals surface area (Å²) in [6.07, 6.45) is 0.850. The van der Waals surface area contributed by atoms with Crippen LogP contribution in [0.2, 0.25) is 0 Å². The number of likely N-dealkylation sites (tertiary alicyclic amines) is 1. The maximum absolute atomic E-state index is 12.0. The van der Waals surface area contributed by atoms with Gasteiger partial charge in [0.1, 0.15) is 12.3 Å². The number of pyridine rings is 1. The minimum atomic E-state index is -0.170. The maximum Gasteiger partial charge on any atom is 0.251 e. The molecule has 96 valence electrons. The third-order valence-corrected chi connectivity index (χ3v) is 3.24. The Bertz CT molecular complexity index is 523. The average molecular weight is 248 g/mol. The SMILES string of the molecule is Cc1cccc(=O)n1CC(=O)N1CCC(=O)CC1. The van der Waals surface area contributed by atoms with Crippen LogP contribution in [0.1, 0.15) is 18.5 Å². The fraction of sp³-hybridized carbons (Fsp3) is 0.462. The van der Waals surface area contributed by atoms with Gasteiger partial charge >= 0.3 is 0 Å². The second-order valence-electron chi connectivity index (χ2n) is 4.51. The van der Waals surface area contributed by atoms with E-state index in [0.29, 0.717) is 25.9 Å². The fourth-order valence-electron chi connectivity index (χ4n) is 2.07. The number of piperidine rings is 1. The number of aromatic nitrogens is 1. The van der Waals surface area contributed by atoms with Crippen molar-refractivity contribution in [1.29, 1.82) is 0 Å². The molecule has 5 nitrogen and oxygen atoms in total. The van der Waals surface area contributed by atoms with Gasteiger partial charge in [0.2, 0.25) is 5.91 Å². The summed E-state index contributed by atoms with van der Waals surface area (Å²) in [5, 5.41) is 0. The highest BCUT2D eigenvalue weighted by Gasteiger charge is 2.21. The molecule has 0 aliphatic carbocycles. The van der Waals surface area contributed by atoms with Crippen LogP contribution < -0.4 is 5.56 Å². The largest absolute Gasteiger partial charge is 0.340 e. The van der Waals surface area contributed by atoms with Crippen molar-refractivity contribution in [3.8, 4) is 0 Å². The van der Waals surface area contributed by atoms with Crippen molar-refractivity contribution in [1.82, 2.24) is 9.47 Å². The van der Waals surface area contributed by atoms with Gasteiger partial charge in [-0.05, 0) is 13.0 Å². The second kappa shape index (κ2) is 5.16. The molecule has 0 bridgehead atoms. The van der Waals surface area contributed by atoms with Gasteiger partial charge in [0.15, 0.2) is 0 Å². The topological polar surface area (TPSA) is 59.4 Å². The summed E-state index contributed by atoms with van der Waals surface area (Å²) in [5.41, 5.74) is 0.598. The summed E-state index contributed by atoms with van der Waals surface area (Å²) in [7, 11) is 0. The Labute approximate surface area is 105 Å². The van der Waals surface area contributed by atoms with E-state index in [9.17, 15) is 14.4 Å². The summed E-state index contributed by atoms with van der Waals surface area (Å²) < 4.78 is 1.46. The summed E-state index contributed by atoms with van der Waals surface area (Å²) in [6.45, 7) is 2.80. The highest BCUT2D eigenvalue weighted by Crippen LogP contribution is 2.07. The quantitative estimate of drug-likeness (QED) is 0.758. The van der Waals surface area contributed by atoms with E-state index in [2.05, 4.69) is 0 Å². The van der Waals surface area contributed by atoms with Gasteiger partial charge in [0.25, 0.3) is 5.56 Å². The number of hydrogen-bond acceptors (Lipinski definition) is 3. The normalized spacial score (nSPS) is 15.8. The van der Waals surface area contributed by atoms with Crippen LogP contribution in [0, 0.1) is 6.92 Å². The van der Waals surface area contributed by atoms with E-state index in [1.807, 2.05) is 0 Å². The Morgan fingerprint density at radius 3 is 2.50 bits per heavy atom. The predicted octanol–water partition coefficient (Wildman–Crippen LogP) is 0.348. The zero-order chi connectivity index (χ0) is 13.1. The lowest BCUT2D eigenvalue weighted by atomic mass is 10.1. The van der Waals surface area contributed by atoms with Crippen molar-refractivity contribution in [2.75, 3.05) is 13.1 Å². The Morgan fingerprint density at radius 1 is 1.22 bits per heavy atom. The van der Waals surface area contributed by atoms with Gasteiger partial charge < -0.3 is 9.47 Å². The number of carbonyl (C=O) groups excluding carboxylic acids is 2. The first kappa shape index (κ1) is 12.5. The number of aryl methyl sites for hydroxylation is 1. The molecule has 0 spiro atoms. The first-order chi connectivity index (χ1) is 8.58. The summed E-state index contributed by atoms with van der Waals surface area (Å²) in [6, 6.07) is 4.92. The average Bonchev–Trinajstić information content (AvgIpc) is 2.34. The molecule has 0 unspecified atom stereocenters. The summed E-state index contributed by atoms with van der Waals surface area (Å²) in [4.78, 5) is 36.4. The third kappa shape index (κ3) is 2.67. The van der Waals surface area contributed by atoms with Gasteiger partial charge in [-0.15, -0.1) is 0 Å². The molecule has 1 aromatic heterocycles. The summed E-state index contributed by atoms with van der Waals surface area (Å²) in [5.74, 6) is 0.103. The highest BCUT2D eigenvalue weighted by atomic mass is 16.2. The summed E-state index contributed by atoms with van der Waals surface area (Å²) >= 11 is 0. The number of rotatable bonds is 2. The molecule has 0 aromatic carbocycles. The van der Waals surface area contributed by atoms with E-state index < -0.39 is 0 Å². The highest BCUT2D eigenvalue weighted by molar-refractivity contribution is 5.83. The minimum Gasteiger partial charge on any atom is -0.340 e. The van der Waals surface area contributed by atoms with Crippen molar-refractivity contribution in [3.63, 3.8) is 0 Å². The lowest BCUT2D eigenvalue weighted by Gasteiger charge is -2.26. The number of nitrogens with zero attached hydrogens (tertiary/aromatic N) is 2. The zero-order valence-electron chi connectivity index (χ0n) is 10.4. The van der Waals surface area contributed by atoms with Crippen LogP contribution >= 0.6 is 0 Å². The first-order valence-corrected chi connectivity index (χ1v) is 6.04. The van der Waals surface area contributed by atoms with Gasteiger partial charge in [-0.25, -0.2) is 0 Å². The molecule has 5 heteroatoms. The van der Waals surface area contributed by atoms with Crippen LogP contribution in [-0.2, 0) is 16.1 Å². The van der Waals surface area contributed by atoms with Crippen LogP contribution in [0.15, 0.2) is 23.0 Å². The maximum atomic E-state index is 12.0. The molecule has 2 heterocycles. The lowest BCUT2D eigenvalue weighted by molar-refractivity contribution is -0.135. The van der Waals surface area contributed by atoms with Gasteiger partial charge in [-0.2, -0.15) is 0 Å². The van der Waals surface area contributed by atoms with Gasteiger partial charge in [0.05, 0.1) is 0 Å². The molecular weight excluding hydrogens is 232 g/mol. The molecule has 0 saturated carbocycles. The van der Waals surface area contributed by atoms with Crippen molar-refractivity contribution in [2.24, 2.45) is 0 Å². The van der Waals surface area contributed by atoms with Crippen LogP contribution in [-0.4, -0.2) is 34.2 Å². The Morgan fingerprint density at radius 2 is 1.89 bits per heavy atom. The predicted molar refractivity (Wildman–Crippen MR) is 66.3 cm³/mol. The smallest absolute Gasteiger partial charge is 0.251 e.